The molecule has 2 amide bonds. The van der Waals surface area contributed by atoms with Gasteiger partial charge in [0.05, 0.1) is 10.6 Å². The number of para-hydroxylation sites is 1. The molecule has 5 aromatic carbocycles. The summed E-state index contributed by atoms with van der Waals surface area (Å²) in [6.07, 6.45) is 0.961. The van der Waals surface area contributed by atoms with Crippen LogP contribution in [-0.2, 0) is 32.6 Å². The van der Waals surface area contributed by atoms with E-state index in [2.05, 4.69) is 21.2 Å². The lowest BCUT2D eigenvalue weighted by atomic mass is 10.0. The molecule has 5 rings (SSSR count). The molecule has 0 saturated heterocycles. The molecule has 0 aliphatic carbocycles. The molecule has 0 fully saturated rings. The minimum atomic E-state index is -4.23. The summed E-state index contributed by atoms with van der Waals surface area (Å²) in [4.78, 5) is 30.0. The van der Waals surface area contributed by atoms with Gasteiger partial charge in [0.2, 0.25) is 11.8 Å². The average molecular weight is 755 g/mol. The fourth-order valence-electron chi connectivity index (χ4n) is 5.42. The van der Waals surface area contributed by atoms with E-state index in [0.29, 0.717) is 18.0 Å². The standard InChI is InChI=1S/C40H40BrN3O5S/c1-3-25-42-40(46)38(27-31-11-6-4-7-12-31)43(28-32-13-10-14-33(41)26-32)39(45)29-44(50(47,48)37-23-17-30(2)18-24-37)34-19-21-36(22-20-34)49-35-15-8-5-9-16-35/h4-24,26,38H,3,25,27-29H2,1-2H3,(H,42,46)/t38-/m1/s1. The van der Waals surface area contributed by atoms with Crippen LogP contribution in [0.2, 0.25) is 0 Å². The SMILES string of the molecule is CCCNC(=O)[C@@H](Cc1ccccc1)N(Cc1cccc(Br)c1)C(=O)CN(c1ccc(Oc2ccccc2)cc1)S(=O)(=O)c1ccc(C)cc1. The van der Waals surface area contributed by atoms with Gasteiger partial charge in [0.25, 0.3) is 10.0 Å². The lowest BCUT2D eigenvalue weighted by Crippen LogP contribution is -2.53. The summed E-state index contributed by atoms with van der Waals surface area (Å²) in [7, 11) is -4.23. The number of nitrogens with zero attached hydrogens (tertiary/aromatic N) is 2. The summed E-state index contributed by atoms with van der Waals surface area (Å²) >= 11 is 3.52. The van der Waals surface area contributed by atoms with E-state index in [4.69, 9.17) is 4.74 Å². The predicted octanol–water partition coefficient (Wildman–Crippen LogP) is 7.91. The third kappa shape index (κ3) is 9.61. The monoisotopic (exact) mass is 753 g/mol. The van der Waals surface area contributed by atoms with Crippen molar-refractivity contribution in [3.63, 3.8) is 0 Å². The molecule has 0 spiro atoms. The van der Waals surface area contributed by atoms with Gasteiger partial charge in [0.1, 0.15) is 24.1 Å². The summed E-state index contributed by atoms with van der Waals surface area (Å²) < 4.78 is 36.6. The summed E-state index contributed by atoms with van der Waals surface area (Å²) in [6.45, 7) is 3.81. The molecular weight excluding hydrogens is 714 g/mol. The lowest BCUT2D eigenvalue weighted by Gasteiger charge is -2.34. The number of aryl methyl sites for hydroxylation is 1. The first kappa shape index (κ1) is 36.4. The van der Waals surface area contributed by atoms with Crippen LogP contribution in [0.1, 0.15) is 30.0 Å². The van der Waals surface area contributed by atoms with Crippen molar-refractivity contribution in [2.45, 2.75) is 44.2 Å². The highest BCUT2D eigenvalue weighted by Crippen LogP contribution is 2.29. The zero-order valence-electron chi connectivity index (χ0n) is 28.0. The Hall–Kier alpha value is -4.93. The third-order valence-corrected chi connectivity index (χ3v) is 10.3. The fraction of sp³-hybridized carbons (Fsp3) is 0.200. The molecule has 50 heavy (non-hydrogen) atoms. The van der Waals surface area contributed by atoms with Crippen molar-refractivity contribution in [1.82, 2.24) is 10.2 Å². The number of nitrogens with one attached hydrogen (secondary N) is 1. The molecule has 10 heteroatoms. The van der Waals surface area contributed by atoms with Crippen LogP contribution < -0.4 is 14.4 Å². The molecule has 258 valence electrons. The van der Waals surface area contributed by atoms with Gasteiger partial charge in [-0.25, -0.2) is 8.42 Å². The van der Waals surface area contributed by atoms with Crippen LogP contribution in [0.3, 0.4) is 0 Å². The van der Waals surface area contributed by atoms with E-state index >= 15 is 0 Å². The highest BCUT2D eigenvalue weighted by molar-refractivity contribution is 9.10. The normalized spacial score (nSPS) is 11.7. The van der Waals surface area contributed by atoms with Crippen LogP contribution in [0.25, 0.3) is 0 Å². The largest absolute Gasteiger partial charge is 0.457 e. The number of amides is 2. The van der Waals surface area contributed by atoms with Crippen LogP contribution in [0.4, 0.5) is 5.69 Å². The van der Waals surface area contributed by atoms with Crippen molar-refractivity contribution in [3.8, 4) is 11.5 Å². The average Bonchev–Trinajstić information content (AvgIpc) is 3.12. The van der Waals surface area contributed by atoms with Crippen molar-refractivity contribution in [2.75, 3.05) is 17.4 Å². The summed E-state index contributed by atoms with van der Waals surface area (Å²) in [5.74, 6) is 0.298. The Morgan fingerprint density at radius 1 is 0.780 bits per heavy atom. The Labute approximate surface area is 302 Å². The summed E-state index contributed by atoms with van der Waals surface area (Å²) in [5, 5.41) is 2.97. The van der Waals surface area contributed by atoms with Crippen LogP contribution in [0, 0.1) is 6.92 Å². The van der Waals surface area contributed by atoms with Gasteiger partial charge < -0.3 is 15.0 Å². The smallest absolute Gasteiger partial charge is 0.264 e. The summed E-state index contributed by atoms with van der Waals surface area (Å²) in [6, 6.07) is 38.4. The molecular formula is C40H40BrN3O5S. The first-order valence-corrected chi connectivity index (χ1v) is 18.7. The number of hydrogen-bond donors (Lipinski definition) is 1. The molecule has 1 N–H and O–H groups in total. The number of benzene rings is 5. The van der Waals surface area contributed by atoms with Crippen molar-refractivity contribution >= 4 is 43.5 Å². The Morgan fingerprint density at radius 3 is 2.04 bits per heavy atom. The quantitative estimate of drug-likeness (QED) is 0.117. The number of carbonyl (C=O) groups excluding carboxylic acids is 2. The molecule has 0 bridgehead atoms. The number of halogens is 1. The molecule has 5 aromatic rings. The maximum atomic E-state index is 14.7. The number of rotatable bonds is 15. The van der Waals surface area contributed by atoms with Crippen LogP contribution in [-0.4, -0.2) is 44.3 Å². The van der Waals surface area contributed by atoms with E-state index in [9.17, 15) is 18.0 Å². The van der Waals surface area contributed by atoms with Gasteiger partial charge in [-0.3, -0.25) is 13.9 Å². The molecule has 0 aromatic heterocycles. The number of anilines is 1. The molecule has 0 aliphatic heterocycles. The van der Waals surface area contributed by atoms with E-state index in [0.717, 1.165) is 31.9 Å². The molecule has 0 aliphatic rings. The number of hydrogen-bond acceptors (Lipinski definition) is 5. The second-order valence-corrected chi connectivity index (χ2v) is 14.7. The second kappa shape index (κ2) is 17.1. The molecule has 0 saturated carbocycles. The second-order valence-electron chi connectivity index (χ2n) is 11.9. The van der Waals surface area contributed by atoms with Gasteiger partial charge in [-0.1, -0.05) is 101 Å². The minimum absolute atomic E-state index is 0.0422. The predicted molar refractivity (Wildman–Crippen MR) is 201 cm³/mol. The van der Waals surface area contributed by atoms with Crippen molar-refractivity contribution in [3.05, 3.63) is 155 Å². The summed E-state index contributed by atoms with van der Waals surface area (Å²) in [5.41, 5.74) is 2.83. The highest BCUT2D eigenvalue weighted by atomic mass is 79.9. The molecule has 1 atom stereocenters. The Morgan fingerprint density at radius 2 is 1.40 bits per heavy atom. The van der Waals surface area contributed by atoms with E-state index in [-0.39, 0.29) is 29.5 Å². The van der Waals surface area contributed by atoms with Gasteiger partial charge in [0.15, 0.2) is 0 Å². The Bertz CT molecular complexity index is 1970. The first-order chi connectivity index (χ1) is 24.1. The van der Waals surface area contributed by atoms with E-state index in [1.54, 1.807) is 36.4 Å². The van der Waals surface area contributed by atoms with Gasteiger partial charge in [0, 0.05) is 24.0 Å². The van der Waals surface area contributed by atoms with Crippen molar-refractivity contribution < 1.29 is 22.7 Å². The Kier molecular flexibility index (Phi) is 12.5. The maximum absolute atomic E-state index is 14.7. The molecule has 0 radical (unpaired) electrons. The first-order valence-electron chi connectivity index (χ1n) is 16.4. The third-order valence-electron chi connectivity index (χ3n) is 8.05. The van der Waals surface area contributed by atoms with Gasteiger partial charge in [-0.05, 0) is 85.1 Å². The topological polar surface area (TPSA) is 96.0 Å². The number of carbonyl (C=O) groups is 2. The highest BCUT2D eigenvalue weighted by Gasteiger charge is 2.34. The minimum Gasteiger partial charge on any atom is -0.457 e. The van der Waals surface area contributed by atoms with Crippen molar-refractivity contribution in [1.29, 1.82) is 0 Å². The van der Waals surface area contributed by atoms with Gasteiger partial charge in [-0.15, -0.1) is 0 Å². The van der Waals surface area contributed by atoms with Crippen LogP contribution in [0.15, 0.2) is 143 Å². The van der Waals surface area contributed by atoms with Gasteiger partial charge >= 0.3 is 0 Å². The maximum Gasteiger partial charge on any atom is 0.264 e. The number of sulfonamides is 1. The molecule has 0 unspecified atom stereocenters. The molecule has 0 heterocycles. The van der Waals surface area contributed by atoms with E-state index < -0.39 is 28.5 Å². The fourth-order valence-corrected chi connectivity index (χ4v) is 7.28. The van der Waals surface area contributed by atoms with Gasteiger partial charge in [-0.2, -0.15) is 0 Å². The van der Waals surface area contributed by atoms with Crippen molar-refractivity contribution in [2.24, 2.45) is 0 Å². The lowest BCUT2D eigenvalue weighted by molar-refractivity contribution is -0.140. The van der Waals surface area contributed by atoms with Crippen LogP contribution >= 0.6 is 15.9 Å². The van der Waals surface area contributed by atoms with E-state index in [1.165, 1.54) is 17.0 Å². The number of ether oxygens (including phenoxy) is 1. The van der Waals surface area contributed by atoms with E-state index in [1.807, 2.05) is 98.8 Å². The Balaban J connectivity index is 1.55. The zero-order chi connectivity index (χ0) is 35.5. The zero-order valence-corrected chi connectivity index (χ0v) is 30.4. The molecule has 8 nitrogen and oxygen atoms in total. The van der Waals surface area contributed by atoms with Crippen LogP contribution in [0.5, 0.6) is 11.5 Å².